The molecule has 0 spiro atoms. The molecule has 0 aliphatic carbocycles. The largest absolute Gasteiger partial charge is 0.595 e. The number of carbonyl (C=O) groups is 1. The van der Waals surface area contributed by atoms with Gasteiger partial charge in [-0.3, -0.25) is 5.43 Å². The molecule has 0 saturated carbocycles. The van der Waals surface area contributed by atoms with E-state index in [4.69, 9.17) is 10.4 Å². The van der Waals surface area contributed by atoms with E-state index in [1.54, 1.807) is 32.0 Å². The van der Waals surface area contributed by atoms with Crippen LogP contribution < -0.4 is 21.3 Å². The Balaban J connectivity index is 2.00. The third kappa shape index (κ3) is 5.03. The van der Waals surface area contributed by atoms with Crippen molar-refractivity contribution in [2.24, 2.45) is 10.2 Å². The summed E-state index contributed by atoms with van der Waals surface area (Å²) in [5.74, 6) is 0. The van der Waals surface area contributed by atoms with E-state index >= 15 is 0 Å². The van der Waals surface area contributed by atoms with Crippen LogP contribution in [0.2, 0.25) is 0 Å². The van der Waals surface area contributed by atoms with Crippen molar-refractivity contribution in [3.8, 4) is 0 Å². The number of azo groups is 1. The van der Waals surface area contributed by atoms with Gasteiger partial charge < -0.3 is 10.4 Å². The molecule has 0 saturated heterocycles. The highest BCUT2D eigenvalue weighted by atomic mass is 16.8. The summed E-state index contributed by atoms with van der Waals surface area (Å²) in [5.41, 5.74) is 6.68. The lowest BCUT2D eigenvalue weighted by molar-refractivity contribution is -0.991. The Morgan fingerprint density at radius 3 is 2.19 bits per heavy atom. The van der Waals surface area contributed by atoms with E-state index in [1.807, 2.05) is 0 Å². The number of carbonyl (C=O) groups excluding carboxylic acids is 1. The van der Waals surface area contributed by atoms with E-state index in [0.717, 1.165) is 0 Å². The molecule has 6 N–H and O–H groups in total. The molecule has 11 nitrogen and oxygen atoms in total. The lowest BCUT2D eigenvalue weighted by Gasteiger charge is -2.15. The number of nitrogens with one attached hydrogen (secondary N) is 4. The molecule has 0 aliphatic heterocycles. The first-order valence-electron chi connectivity index (χ1n) is 7.43. The molecule has 138 valence electrons. The van der Waals surface area contributed by atoms with Crippen molar-refractivity contribution in [3.63, 3.8) is 0 Å². The molecule has 0 bridgehead atoms. The molecule has 2 aromatic carbocycles. The Morgan fingerprint density at radius 1 is 1.00 bits per heavy atom. The maximum absolute atomic E-state index is 11.7. The zero-order chi connectivity index (χ0) is 19.3. The maximum atomic E-state index is 11.7. The van der Waals surface area contributed by atoms with Crippen LogP contribution in [0.25, 0.3) is 0 Å². The number of benzene rings is 2. The smallest absolute Gasteiger partial charge is 0.378 e. The van der Waals surface area contributed by atoms with Gasteiger partial charge in [0.15, 0.2) is 11.4 Å². The van der Waals surface area contributed by atoms with Gasteiger partial charge in [-0.05, 0) is 26.0 Å². The number of hydrogen-bond donors (Lipinski definition) is 6. The summed E-state index contributed by atoms with van der Waals surface area (Å²) in [5, 5.41) is 45.2. The predicted octanol–water partition coefficient (Wildman–Crippen LogP) is 0.931. The second-order valence-corrected chi connectivity index (χ2v) is 5.39. The average Bonchev–Trinajstić information content (AvgIpc) is 2.59. The fourth-order valence-electron chi connectivity index (χ4n) is 2.09. The number of rotatable bonds is 5. The monoisotopic (exact) mass is 362 g/mol. The normalized spacial score (nSPS) is 13.5. The topological polar surface area (TPSA) is 161 Å². The Bertz CT molecular complexity index is 824. The molecule has 2 atom stereocenters. The Labute approximate surface area is 148 Å². The molecule has 0 radical (unpaired) electrons. The lowest BCUT2D eigenvalue weighted by atomic mass is 10.2. The second kappa shape index (κ2) is 8.44. The molecule has 2 aromatic rings. The first-order valence-corrected chi connectivity index (χ1v) is 7.43. The molecule has 0 aliphatic rings. The molecular formula is C15H18N6O5. The van der Waals surface area contributed by atoms with Crippen LogP contribution in [0.5, 0.6) is 0 Å². The molecular weight excluding hydrogens is 344 g/mol. The van der Waals surface area contributed by atoms with Gasteiger partial charge in [0, 0.05) is 23.3 Å². The highest BCUT2D eigenvalue weighted by Gasteiger charge is 2.08. The molecule has 26 heavy (non-hydrogen) atoms. The van der Waals surface area contributed by atoms with Gasteiger partial charge in [0.05, 0.1) is 11.4 Å². The summed E-state index contributed by atoms with van der Waals surface area (Å²) >= 11 is 0. The van der Waals surface area contributed by atoms with Crippen LogP contribution in [0.4, 0.5) is 27.5 Å². The van der Waals surface area contributed by atoms with E-state index in [2.05, 4.69) is 21.1 Å². The van der Waals surface area contributed by atoms with Crippen molar-refractivity contribution < 1.29 is 25.7 Å². The Morgan fingerprint density at radius 2 is 1.58 bits per heavy atom. The van der Waals surface area contributed by atoms with E-state index < -0.39 is 16.5 Å². The average molecular weight is 362 g/mol. The van der Waals surface area contributed by atoms with Crippen LogP contribution in [0.15, 0.2) is 46.6 Å². The van der Waals surface area contributed by atoms with Gasteiger partial charge in [0.2, 0.25) is 0 Å². The van der Waals surface area contributed by atoms with Gasteiger partial charge in [-0.1, -0.05) is 17.2 Å². The number of amides is 2. The molecule has 0 fully saturated rings. The Hall–Kier alpha value is -2.93. The molecule has 2 rings (SSSR count). The summed E-state index contributed by atoms with van der Waals surface area (Å²) in [7, 11) is 0. The SMILES string of the molecule is Cc1ccc(N=NC(=O)NNc2ccc(C)c([NH+]([O-])O)c2)cc1[NH+]([O-])O. The molecule has 2 unspecified atom stereocenters. The second-order valence-electron chi connectivity index (χ2n) is 5.39. The molecule has 11 heteroatoms. The number of hydrazine groups is 1. The van der Waals surface area contributed by atoms with Crippen molar-refractivity contribution in [1.82, 2.24) is 5.43 Å². The first-order chi connectivity index (χ1) is 12.3. The number of urea groups is 1. The van der Waals surface area contributed by atoms with Gasteiger partial charge in [0.1, 0.15) is 0 Å². The highest BCUT2D eigenvalue weighted by molar-refractivity contribution is 5.76. The van der Waals surface area contributed by atoms with Crippen molar-refractivity contribution >= 4 is 28.8 Å². The fourth-order valence-corrected chi connectivity index (χ4v) is 2.09. The zero-order valence-corrected chi connectivity index (χ0v) is 14.0. The molecule has 0 heterocycles. The Kier molecular flexibility index (Phi) is 6.30. The van der Waals surface area contributed by atoms with Gasteiger partial charge >= 0.3 is 6.03 Å². The zero-order valence-electron chi connectivity index (χ0n) is 14.0. The van der Waals surface area contributed by atoms with Crippen LogP contribution >= 0.6 is 0 Å². The summed E-state index contributed by atoms with van der Waals surface area (Å²) in [4.78, 5) is 11.7. The number of anilines is 1. The van der Waals surface area contributed by atoms with Crippen molar-refractivity contribution in [1.29, 1.82) is 0 Å². The summed E-state index contributed by atoms with van der Waals surface area (Å²) in [6, 6.07) is 8.13. The quantitative estimate of drug-likeness (QED) is 0.342. The minimum absolute atomic E-state index is 0.0702. The third-order valence-electron chi connectivity index (χ3n) is 3.49. The van der Waals surface area contributed by atoms with Gasteiger partial charge in [-0.2, -0.15) is 10.5 Å². The number of quaternary nitrogens is 2. The van der Waals surface area contributed by atoms with Gasteiger partial charge in [-0.15, -0.1) is 5.11 Å². The third-order valence-corrected chi connectivity index (χ3v) is 3.49. The molecule has 2 amide bonds. The van der Waals surface area contributed by atoms with E-state index in [0.29, 0.717) is 16.8 Å². The highest BCUT2D eigenvalue weighted by Crippen LogP contribution is 2.20. The van der Waals surface area contributed by atoms with Crippen molar-refractivity contribution in [2.45, 2.75) is 13.8 Å². The van der Waals surface area contributed by atoms with Crippen molar-refractivity contribution in [2.75, 3.05) is 5.43 Å². The summed E-state index contributed by atoms with van der Waals surface area (Å²) < 4.78 is 0. The van der Waals surface area contributed by atoms with Gasteiger partial charge in [0.25, 0.3) is 0 Å². The van der Waals surface area contributed by atoms with Crippen LogP contribution in [-0.2, 0) is 0 Å². The summed E-state index contributed by atoms with van der Waals surface area (Å²) in [6.45, 7) is 3.31. The van der Waals surface area contributed by atoms with Crippen LogP contribution in [-0.4, -0.2) is 16.4 Å². The first kappa shape index (κ1) is 19.4. The fraction of sp³-hybridized carbons (Fsp3) is 0.133. The van der Waals surface area contributed by atoms with Crippen molar-refractivity contribution in [3.05, 3.63) is 57.9 Å². The van der Waals surface area contributed by atoms with Gasteiger partial charge in [-0.25, -0.2) is 20.6 Å². The number of nitrogens with zero attached hydrogens (tertiary/aromatic N) is 2. The van der Waals surface area contributed by atoms with Crippen LogP contribution in [0, 0.1) is 24.3 Å². The lowest BCUT2D eigenvalue weighted by Crippen LogP contribution is -2.99. The molecule has 0 aromatic heterocycles. The minimum Gasteiger partial charge on any atom is -0.595 e. The maximum Gasteiger partial charge on any atom is 0.378 e. The standard InChI is InChI=1S/C15H18N6O5/c1-9-3-5-11(7-13(9)20(23)24)16-18-15(22)19-17-12-6-4-10(2)14(8-12)21(25)26/h3-8,16,20-21,23,25H,1-2H3,(H,18,22). The van der Waals surface area contributed by atoms with E-state index in [9.17, 15) is 15.2 Å². The van der Waals surface area contributed by atoms with E-state index in [1.165, 1.54) is 18.2 Å². The van der Waals surface area contributed by atoms with Crippen LogP contribution in [0.1, 0.15) is 11.1 Å². The number of aryl methyl sites for hydroxylation is 2. The van der Waals surface area contributed by atoms with Crippen LogP contribution in [0.3, 0.4) is 0 Å². The minimum atomic E-state index is -1.10. The predicted molar refractivity (Wildman–Crippen MR) is 90.6 cm³/mol. The van der Waals surface area contributed by atoms with E-state index in [-0.39, 0.29) is 17.1 Å². The summed E-state index contributed by atoms with van der Waals surface area (Å²) in [6.07, 6.45) is 0. The number of hydrogen-bond acceptors (Lipinski definition) is 7.